The summed E-state index contributed by atoms with van der Waals surface area (Å²) in [6.07, 6.45) is 1.74. The first kappa shape index (κ1) is 5.56. The third-order valence-corrected chi connectivity index (χ3v) is 1.38. The zero-order chi connectivity index (χ0) is 5.98. The molecule has 1 aliphatic heterocycles. The molecular weight excluding hydrogens is 104 g/mol. The van der Waals surface area contributed by atoms with E-state index in [2.05, 4.69) is 4.99 Å². The van der Waals surface area contributed by atoms with Gasteiger partial charge < -0.3 is 10.8 Å². The van der Waals surface area contributed by atoms with Crippen molar-refractivity contribution in [1.29, 1.82) is 0 Å². The first-order valence-electron chi connectivity index (χ1n) is 2.84. The SMILES string of the molecule is NCC1CCC(O)=[NH+]1. The van der Waals surface area contributed by atoms with Crippen LogP contribution in [0.4, 0.5) is 0 Å². The van der Waals surface area contributed by atoms with Crippen molar-refractivity contribution in [2.24, 2.45) is 5.73 Å². The largest absolute Gasteiger partial charge is 0.464 e. The normalized spacial score (nSPS) is 28.1. The van der Waals surface area contributed by atoms with Gasteiger partial charge in [-0.3, -0.25) is 0 Å². The summed E-state index contributed by atoms with van der Waals surface area (Å²) >= 11 is 0. The fourth-order valence-corrected chi connectivity index (χ4v) is 0.868. The second-order valence-electron chi connectivity index (χ2n) is 2.06. The molecule has 3 heteroatoms. The Hall–Kier alpha value is -0.570. The van der Waals surface area contributed by atoms with E-state index in [-0.39, 0.29) is 0 Å². The molecule has 0 aromatic heterocycles. The standard InChI is InChI=1S/C5H10N2O/c6-3-4-1-2-5(8)7-4/h4H,1-3,6H2,(H,7,8)/p+1. The van der Waals surface area contributed by atoms with Crippen LogP contribution in [0.5, 0.6) is 0 Å². The molecular formula is C5H11N2O+. The number of rotatable bonds is 1. The number of hydrogen-bond acceptors (Lipinski definition) is 1. The lowest BCUT2D eigenvalue weighted by Gasteiger charge is -1.90. The van der Waals surface area contributed by atoms with Gasteiger partial charge in [0.25, 0.3) is 0 Å². The lowest BCUT2D eigenvalue weighted by Crippen LogP contribution is -2.78. The molecule has 0 spiro atoms. The van der Waals surface area contributed by atoms with Crippen LogP contribution in [0.25, 0.3) is 0 Å². The second-order valence-corrected chi connectivity index (χ2v) is 2.06. The second kappa shape index (κ2) is 2.13. The van der Waals surface area contributed by atoms with E-state index in [1.54, 1.807) is 0 Å². The van der Waals surface area contributed by atoms with Crippen LogP contribution < -0.4 is 10.7 Å². The van der Waals surface area contributed by atoms with E-state index in [4.69, 9.17) is 10.8 Å². The van der Waals surface area contributed by atoms with Gasteiger partial charge in [0.15, 0.2) is 6.04 Å². The number of aliphatic hydroxyl groups is 1. The van der Waals surface area contributed by atoms with Gasteiger partial charge in [-0.05, 0) is 0 Å². The summed E-state index contributed by atoms with van der Waals surface area (Å²) in [7, 11) is 0. The molecule has 0 amide bonds. The van der Waals surface area contributed by atoms with Crippen molar-refractivity contribution in [2.75, 3.05) is 6.54 Å². The maximum Gasteiger partial charge on any atom is 0.332 e. The van der Waals surface area contributed by atoms with Crippen molar-refractivity contribution >= 4 is 5.90 Å². The van der Waals surface area contributed by atoms with Crippen molar-refractivity contribution < 1.29 is 10.1 Å². The van der Waals surface area contributed by atoms with Gasteiger partial charge in [0, 0.05) is 6.42 Å². The molecule has 4 N–H and O–H groups in total. The highest BCUT2D eigenvalue weighted by Gasteiger charge is 2.21. The van der Waals surface area contributed by atoms with E-state index >= 15 is 0 Å². The highest BCUT2D eigenvalue weighted by atomic mass is 16.3. The molecule has 0 radical (unpaired) electrons. The highest BCUT2D eigenvalue weighted by Crippen LogP contribution is 1.93. The maximum absolute atomic E-state index is 8.78. The molecule has 1 aliphatic rings. The van der Waals surface area contributed by atoms with E-state index in [1.165, 1.54) is 0 Å². The minimum atomic E-state index is 0.315. The highest BCUT2D eigenvalue weighted by molar-refractivity contribution is 5.68. The Bertz CT molecular complexity index is 111. The van der Waals surface area contributed by atoms with Crippen molar-refractivity contribution in [3.05, 3.63) is 0 Å². The molecule has 0 aromatic rings. The summed E-state index contributed by atoms with van der Waals surface area (Å²) < 4.78 is 0. The maximum atomic E-state index is 8.78. The van der Waals surface area contributed by atoms with E-state index in [0.29, 0.717) is 18.5 Å². The molecule has 0 aromatic carbocycles. The fourth-order valence-electron chi connectivity index (χ4n) is 0.868. The van der Waals surface area contributed by atoms with Gasteiger partial charge in [-0.25, -0.2) is 4.99 Å². The van der Waals surface area contributed by atoms with Gasteiger partial charge in [-0.1, -0.05) is 0 Å². The average molecular weight is 115 g/mol. The molecule has 1 rings (SSSR count). The van der Waals surface area contributed by atoms with Gasteiger partial charge in [0.05, 0.1) is 13.0 Å². The topological polar surface area (TPSA) is 60.2 Å². The number of hydrogen-bond donors (Lipinski definition) is 3. The predicted octanol–water partition coefficient (Wildman–Crippen LogP) is -1.86. The number of nitrogens with one attached hydrogen (secondary N) is 1. The third-order valence-electron chi connectivity index (χ3n) is 1.38. The smallest absolute Gasteiger partial charge is 0.332 e. The van der Waals surface area contributed by atoms with Gasteiger partial charge >= 0.3 is 5.90 Å². The summed E-state index contributed by atoms with van der Waals surface area (Å²) in [5.74, 6) is 0.389. The van der Waals surface area contributed by atoms with Crippen molar-refractivity contribution in [3.8, 4) is 0 Å². The van der Waals surface area contributed by atoms with Crippen LogP contribution in [-0.2, 0) is 0 Å². The Labute approximate surface area is 48.2 Å². The van der Waals surface area contributed by atoms with Crippen LogP contribution in [-0.4, -0.2) is 23.6 Å². The van der Waals surface area contributed by atoms with E-state index in [1.807, 2.05) is 0 Å². The molecule has 0 saturated carbocycles. The first-order valence-corrected chi connectivity index (χ1v) is 2.84. The van der Waals surface area contributed by atoms with Gasteiger partial charge in [0.1, 0.15) is 0 Å². The molecule has 1 unspecified atom stereocenters. The molecule has 3 nitrogen and oxygen atoms in total. The average Bonchev–Trinajstić information content (AvgIpc) is 2.14. The Morgan fingerprint density at radius 1 is 1.88 bits per heavy atom. The van der Waals surface area contributed by atoms with Crippen LogP contribution in [0.1, 0.15) is 12.8 Å². The Balaban J connectivity index is 2.41. The van der Waals surface area contributed by atoms with Gasteiger partial charge in [-0.2, -0.15) is 0 Å². The molecule has 0 saturated heterocycles. The predicted molar refractivity (Wildman–Crippen MR) is 30.7 cm³/mol. The Morgan fingerprint density at radius 3 is 2.88 bits per heavy atom. The summed E-state index contributed by atoms with van der Waals surface area (Å²) in [5.41, 5.74) is 5.31. The van der Waals surface area contributed by atoms with Gasteiger partial charge in [-0.15, -0.1) is 0 Å². The monoisotopic (exact) mass is 115 g/mol. The first-order chi connectivity index (χ1) is 3.83. The lowest BCUT2D eigenvalue weighted by atomic mass is 10.2. The van der Waals surface area contributed by atoms with Crippen LogP contribution in [0, 0.1) is 0 Å². The zero-order valence-corrected chi connectivity index (χ0v) is 4.72. The molecule has 1 heterocycles. The van der Waals surface area contributed by atoms with E-state index in [0.717, 1.165) is 12.8 Å². The lowest BCUT2D eigenvalue weighted by molar-refractivity contribution is -0.497. The summed E-state index contributed by atoms with van der Waals surface area (Å²) in [5, 5.41) is 8.78. The van der Waals surface area contributed by atoms with E-state index in [9.17, 15) is 0 Å². The van der Waals surface area contributed by atoms with Crippen LogP contribution >= 0.6 is 0 Å². The van der Waals surface area contributed by atoms with Gasteiger partial charge in [0.2, 0.25) is 0 Å². The molecule has 0 bridgehead atoms. The van der Waals surface area contributed by atoms with E-state index < -0.39 is 0 Å². The molecule has 0 fully saturated rings. The Kier molecular flexibility index (Phi) is 1.48. The molecule has 46 valence electrons. The summed E-state index contributed by atoms with van der Waals surface area (Å²) in [6, 6.07) is 0.315. The fraction of sp³-hybridized carbons (Fsp3) is 0.800. The summed E-state index contributed by atoms with van der Waals surface area (Å²) in [6.45, 7) is 0.615. The van der Waals surface area contributed by atoms with Crippen LogP contribution in [0.2, 0.25) is 0 Å². The zero-order valence-electron chi connectivity index (χ0n) is 4.72. The minimum Gasteiger partial charge on any atom is -0.464 e. The minimum absolute atomic E-state index is 0.315. The summed E-state index contributed by atoms with van der Waals surface area (Å²) in [4.78, 5) is 2.85. The molecule has 1 atom stereocenters. The van der Waals surface area contributed by atoms with Crippen molar-refractivity contribution in [2.45, 2.75) is 18.9 Å². The number of nitrogens with two attached hydrogens (primary N) is 1. The van der Waals surface area contributed by atoms with Crippen LogP contribution in [0.3, 0.4) is 0 Å². The van der Waals surface area contributed by atoms with Crippen LogP contribution in [0.15, 0.2) is 0 Å². The third kappa shape index (κ3) is 0.980. The number of aliphatic hydroxyl groups excluding tert-OH is 1. The Morgan fingerprint density at radius 2 is 2.62 bits per heavy atom. The molecule has 8 heavy (non-hydrogen) atoms. The van der Waals surface area contributed by atoms with Crippen molar-refractivity contribution in [1.82, 2.24) is 0 Å². The molecule has 0 aliphatic carbocycles. The quantitative estimate of drug-likeness (QED) is 0.375. The van der Waals surface area contributed by atoms with Crippen molar-refractivity contribution in [3.63, 3.8) is 0 Å².